The number of thioether (sulfide) groups is 1. The Balaban J connectivity index is 1.70. The summed E-state index contributed by atoms with van der Waals surface area (Å²) in [5.41, 5.74) is 0.800. The highest BCUT2D eigenvalue weighted by atomic mass is 32.2. The zero-order chi connectivity index (χ0) is 15.4. The van der Waals surface area contributed by atoms with Gasteiger partial charge in [0.05, 0.1) is 20.3 Å². The second-order valence-electron chi connectivity index (χ2n) is 4.89. The van der Waals surface area contributed by atoms with Crippen molar-refractivity contribution >= 4 is 11.8 Å². The summed E-state index contributed by atoms with van der Waals surface area (Å²) in [7, 11) is 3.20. The van der Waals surface area contributed by atoms with Gasteiger partial charge in [-0.25, -0.2) is 0 Å². The molecular weight excluding hydrogens is 304 g/mol. The Hall–Kier alpha value is -1.73. The molecule has 118 valence electrons. The molecule has 1 aliphatic rings. The van der Waals surface area contributed by atoms with Crippen LogP contribution in [0, 0.1) is 0 Å². The van der Waals surface area contributed by atoms with Crippen LogP contribution in [-0.2, 0) is 4.74 Å². The van der Waals surface area contributed by atoms with E-state index in [1.807, 2.05) is 18.2 Å². The molecule has 0 radical (unpaired) electrons. The van der Waals surface area contributed by atoms with Crippen molar-refractivity contribution in [2.75, 3.05) is 26.6 Å². The van der Waals surface area contributed by atoms with Gasteiger partial charge in [0.1, 0.15) is 0 Å². The van der Waals surface area contributed by atoms with E-state index >= 15 is 0 Å². The summed E-state index contributed by atoms with van der Waals surface area (Å²) in [6.45, 7) is 0.853. The van der Waals surface area contributed by atoms with Crippen LogP contribution in [0.5, 0.6) is 11.5 Å². The van der Waals surface area contributed by atoms with Crippen LogP contribution in [0.2, 0.25) is 0 Å². The molecule has 1 aliphatic heterocycles. The lowest BCUT2D eigenvalue weighted by molar-refractivity contribution is 0.128. The molecule has 7 heteroatoms. The third-order valence-electron chi connectivity index (χ3n) is 3.45. The summed E-state index contributed by atoms with van der Waals surface area (Å²) in [5.74, 6) is 2.61. The summed E-state index contributed by atoms with van der Waals surface area (Å²) in [6.07, 6.45) is 2.52. The normalized spacial score (nSPS) is 17.6. The first-order valence-corrected chi connectivity index (χ1v) is 8.09. The molecule has 1 fully saturated rings. The Morgan fingerprint density at radius 3 is 2.82 bits per heavy atom. The minimum absolute atomic E-state index is 0.293. The Morgan fingerprint density at radius 2 is 2.09 bits per heavy atom. The van der Waals surface area contributed by atoms with E-state index in [2.05, 4.69) is 10.2 Å². The van der Waals surface area contributed by atoms with Crippen LogP contribution in [0.15, 0.2) is 27.8 Å². The summed E-state index contributed by atoms with van der Waals surface area (Å²) < 4.78 is 21.8. The van der Waals surface area contributed by atoms with Crippen LogP contribution in [0.25, 0.3) is 11.5 Å². The molecule has 1 aromatic heterocycles. The molecule has 2 aromatic rings. The van der Waals surface area contributed by atoms with E-state index in [9.17, 15) is 0 Å². The van der Waals surface area contributed by atoms with Gasteiger partial charge in [0.15, 0.2) is 11.5 Å². The summed E-state index contributed by atoms with van der Waals surface area (Å²) in [4.78, 5) is 0. The van der Waals surface area contributed by atoms with Gasteiger partial charge >= 0.3 is 0 Å². The van der Waals surface area contributed by atoms with Crippen molar-refractivity contribution < 1.29 is 18.6 Å². The molecule has 0 spiro atoms. The minimum atomic E-state index is 0.293. The van der Waals surface area contributed by atoms with Gasteiger partial charge in [0.25, 0.3) is 5.22 Å². The van der Waals surface area contributed by atoms with Crippen LogP contribution in [0.4, 0.5) is 0 Å². The van der Waals surface area contributed by atoms with Gasteiger partial charge in [0.2, 0.25) is 5.89 Å². The summed E-state index contributed by atoms with van der Waals surface area (Å²) >= 11 is 1.53. The molecule has 1 atom stereocenters. The van der Waals surface area contributed by atoms with Gasteiger partial charge in [-0.3, -0.25) is 0 Å². The number of ether oxygens (including phenoxy) is 3. The maximum Gasteiger partial charge on any atom is 0.276 e. The van der Waals surface area contributed by atoms with Crippen molar-refractivity contribution in [1.29, 1.82) is 0 Å². The Labute approximate surface area is 133 Å². The lowest BCUT2D eigenvalue weighted by atomic mass is 10.2. The lowest BCUT2D eigenvalue weighted by Crippen LogP contribution is -2.07. The SMILES string of the molecule is COc1ccc(-c2nnc(SCC3CCCO3)o2)cc1OC. The average Bonchev–Trinajstić information content (AvgIpc) is 3.23. The highest BCUT2D eigenvalue weighted by Crippen LogP contribution is 2.33. The summed E-state index contributed by atoms with van der Waals surface area (Å²) in [5, 5.41) is 8.71. The van der Waals surface area contributed by atoms with E-state index in [0.29, 0.717) is 28.7 Å². The molecule has 0 bridgehead atoms. The van der Waals surface area contributed by atoms with Crippen molar-refractivity contribution in [3.05, 3.63) is 18.2 Å². The molecule has 3 rings (SSSR count). The number of hydrogen-bond donors (Lipinski definition) is 0. The number of rotatable bonds is 6. The van der Waals surface area contributed by atoms with E-state index in [0.717, 1.165) is 30.8 Å². The Morgan fingerprint density at radius 1 is 1.23 bits per heavy atom. The van der Waals surface area contributed by atoms with Gasteiger partial charge in [-0.1, -0.05) is 11.8 Å². The maximum absolute atomic E-state index is 5.69. The fraction of sp³-hybridized carbons (Fsp3) is 0.467. The first kappa shape index (κ1) is 15.2. The standard InChI is InChI=1S/C15H18N2O4S/c1-18-12-6-5-10(8-13(12)19-2)14-16-17-15(21-14)22-9-11-4-3-7-20-11/h5-6,8,11H,3-4,7,9H2,1-2H3. The predicted octanol–water partition coefficient (Wildman–Crippen LogP) is 3.02. The van der Waals surface area contributed by atoms with E-state index in [1.165, 1.54) is 11.8 Å². The van der Waals surface area contributed by atoms with Gasteiger partial charge in [-0.15, -0.1) is 10.2 Å². The van der Waals surface area contributed by atoms with Crippen LogP contribution in [-0.4, -0.2) is 42.9 Å². The van der Waals surface area contributed by atoms with Gasteiger partial charge in [-0.05, 0) is 31.0 Å². The maximum atomic E-state index is 5.69. The Bertz CT molecular complexity index is 626. The first-order chi connectivity index (χ1) is 10.8. The highest BCUT2D eigenvalue weighted by molar-refractivity contribution is 7.99. The van der Waals surface area contributed by atoms with Gasteiger partial charge < -0.3 is 18.6 Å². The molecule has 0 N–H and O–H groups in total. The quantitative estimate of drug-likeness (QED) is 0.757. The monoisotopic (exact) mass is 322 g/mol. The molecular formula is C15H18N2O4S. The fourth-order valence-electron chi connectivity index (χ4n) is 2.29. The van der Waals surface area contributed by atoms with E-state index in [1.54, 1.807) is 14.2 Å². The molecule has 1 unspecified atom stereocenters. The number of nitrogens with zero attached hydrogens (tertiary/aromatic N) is 2. The van der Waals surface area contributed by atoms with Gasteiger partial charge in [-0.2, -0.15) is 0 Å². The molecule has 1 aromatic carbocycles. The molecule has 0 saturated carbocycles. The molecule has 0 amide bonds. The second-order valence-corrected chi connectivity index (χ2v) is 5.86. The van der Waals surface area contributed by atoms with Gasteiger partial charge in [0, 0.05) is 17.9 Å². The number of aromatic nitrogens is 2. The predicted molar refractivity (Wildman–Crippen MR) is 82.5 cm³/mol. The molecule has 6 nitrogen and oxygen atoms in total. The third kappa shape index (κ3) is 3.36. The van der Waals surface area contributed by atoms with Crippen LogP contribution in [0.1, 0.15) is 12.8 Å². The molecule has 0 aliphatic carbocycles. The number of benzene rings is 1. The van der Waals surface area contributed by atoms with Crippen molar-refractivity contribution in [3.63, 3.8) is 0 Å². The smallest absolute Gasteiger partial charge is 0.276 e. The van der Waals surface area contributed by atoms with Crippen molar-refractivity contribution in [3.8, 4) is 23.0 Å². The van der Waals surface area contributed by atoms with Crippen LogP contribution < -0.4 is 9.47 Å². The average molecular weight is 322 g/mol. The largest absolute Gasteiger partial charge is 0.493 e. The van der Waals surface area contributed by atoms with E-state index in [4.69, 9.17) is 18.6 Å². The molecule has 2 heterocycles. The zero-order valence-electron chi connectivity index (χ0n) is 12.6. The summed E-state index contributed by atoms with van der Waals surface area (Å²) in [6, 6.07) is 5.50. The van der Waals surface area contributed by atoms with Crippen LogP contribution >= 0.6 is 11.8 Å². The minimum Gasteiger partial charge on any atom is -0.493 e. The topological polar surface area (TPSA) is 66.6 Å². The lowest BCUT2D eigenvalue weighted by Gasteiger charge is -2.07. The zero-order valence-corrected chi connectivity index (χ0v) is 13.4. The number of methoxy groups -OCH3 is 2. The molecule has 22 heavy (non-hydrogen) atoms. The van der Waals surface area contributed by atoms with E-state index in [-0.39, 0.29) is 0 Å². The van der Waals surface area contributed by atoms with E-state index < -0.39 is 0 Å². The van der Waals surface area contributed by atoms with Crippen molar-refractivity contribution in [2.24, 2.45) is 0 Å². The molecule has 1 saturated heterocycles. The third-order valence-corrected chi connectivity index (χ3v) is 4.40. The Kier molecular flexibility index (Phi) is 4.84. The van der Waals surface area contributed by atoms with Crippen LogP contribution in [0.3, 0.4) is 0 Å². The number of hydrogen-bond acceptors (Lipinski definition) is 7. The van der Waals surface area contributed by atoms with Crippen molar-refractivity contribution in [1.82, 2.24) is 10.2 Å². The highest BCUT2D eigenvalue weighted by Gasteiger charge is 2.18. The first-order valence-electron chi connectivity index (χ1n) is 7.10. The second kappa shape index (κ2) is 7.02. The fourth-order valence-corrected chi connectivity index (χ4v) is 3.12. The van der Waals surface area contributed by atoms with Crippen molar-refractivity contribution in [2.45, 2.75) is 24.2 Å².